The molecule has 0 saturated heterocycles. The maximum atomic E-state index is 11.0. The predicted molar refractivity (Wildman–Crippen MR) is 67.4 cm³/mol. The molecule has 1 aromatic rings. The molecular formula is C15H18K2O4. The number of aryl methyl sites for hydroxylation is 2. The van der Waals surface area contributed by atoms with E-state index in [4.69, 9.17) is 0 Å². The summed E-state index contributed by atoms with van der Waals surface area (Å²) in [6, 6.07) is 3.64. The van der Waals surface area contributed by atoms with Gasteiger partial charge in [0.05, 0.1) is 17.9 Å². The summed E-state index contributed by atoms with van der Waals surface area (Å²) in [5.74, 6) is -5.02. The molecule has 104 valence electrons. The van der Waals surface area contributed by atoms with Gasteiger partial charge in [-0.1, -0.05) is 32.9 Å². The Hall–Kier alpha value is 1.43. The number of carbonyl (C=O) groups is 2. The Bertz CT molecular complexity index is 496. The van der Waals surface area contributed by atoms with Gasteiger partial charge in [-0.2, -0.15) is 0 Å². The standard InChI is InChI=1S/C15H20O4.2K/c1-8-6-10(15(3,4)5)7-9(2)11(8)12(13(16)17)14(18)19;;/h6-7,12H,1-5H3,(H,16,17)(H,18,19);;/q;2*+1/p-2. The van der Waals surface area contributed by atoms with E-state index < -0.39 is 17.9 Å². The van der Waals surface area contributed by atoms with Gasteiger partial charge in [-0.15, -0.1) is 0 Å². The van der Waals surface area contributed by atoms with Crippen LogP contribution in [0, 0.1) is 13.8 Å². The third kappa shape index (κ3) is 6.45. The number of aliphatic carboxylic acids is 2. The Balaban J connectivity index is 0. The summed E-state index contributed by atoms with van der Waals surface area (Å²) in [5.41, 5.74) is 2.45. The smallest absolute Gasteiger partial charge is 0.549 e. The molecular weight excluding hydrogens is 322 g/mol. The van der Waals surface area contributed by atoms with E-state index in [1.807, 2.05) is 32.9 Å². The van der Waals surface area contributed by atoms with Gasteiger partial charge in [-0.05, 0) is 41.5 Å². The van der Waals surface area contributed by atoms with Gasteiger partial charge >= 0.3 is 103 Å². The van der Waals surface area contributed by atoms with Crippen LogP contribution in [0.15, 0.2) is 12.1 Å². The zero-order chi connectivity index (χ0) is 15.0. The van der Waals surface area contributed by atoms with Gasteiger partial charge in [0.2, 0.25) is 0 Å². The zero-order valence-corrected chi connectivity index (χ0v) is 20.1. The fourth-order valence-electron chi connectivity index (χ4n) is 2.19. The van der Waals surface area contributed by atoms with Crippen LogP contribution < -0.4 is 113 Å². The second kappa shape index (κ2) is 9.66. The topological polar surface area (TPSA) is 80.3 Å². The Kier molecular flexibility index (Phi) is 11.4. The van der Waals surface area contributed by atoms with Crippen LogP contribution in [0.25, 0.3) is 0 Å². The average Bonchev–Trinajstić information content (AvgIpc) is 2.20. The first-order valence-corrected chi connectivity index (χ1v) is 6.09. The van der Waals surface area contributed by atoms with E-state index in [0.29, 0.717) is 11.1 Å². The minimum atomic E-state index is -1.73. The number of carbonyl (C=O) groups excluding carboxylic acids is 2. The van der Waals surface area contributed by atoms with Gasteiger partial charge in [0.15, 0.2) is 0 Å². The van der Waals surface area contributed by atoms with Gasteiger partial charge < -0.3 is 19.8 Å². The molecule has 0 N–H and O–H groups in total. The van der Waals surface area contributed by atoms with Crippen molar-refractivity contribution >= 4 is 11.9 Å². The summed E-state index contributed by atoms with van der Waals surface area (Å²) < 4.78 is 0. The van der Waals surface area contributed by atoms with Crippen LogP contribution >= 0.6 is 0 Å². The van der Waals surface area contributed by atoms with Crippen molar-refractivity contribution in [3.05, 3.63) is 34.4 Å². The second-order valence-corrected chi connectivity index (χ2v) is 5.84. The molecule has 0 aromatic heterocycles. The van der Waals surface area contributed by atoms with Crippen LogP contribution in [0.2, 0.25) is 0 Å². The minimum absolute atomic E-state index is 0. The Morgan fingerprint density at radius 3 is 1.52 bits per heavy atom. The van der Waals surface area contributed by atoms with E-state index in [1.54, 1.807) is 13.8 Å². The van der Waals surface area contributed by atoms with E-state index in [2.05, 4.69) is 0 Å². The molecule has 0 aliphatic rings. The normalized spacial score (nSPS) is 10.6. The summed E-state index contributed by atoms with van der Waals surface area (Å²) in [7, 11) is 0. The summed E-state index contributed by atoms with van der Waals surface area (Å²) in [6.45, 7) is 9.52. The average molecular weight is 341 g/mol. The van der Waals surface area contributed by atoms with E-state index in [1.165, 1.54) is 0 Å². The van der Waals surface area contributed by atoms with Crippen molar-refractivity contribution in [3.63, 3.8) is 0 Å². The monoisotopic (exact) mass is 340 g/mol. The number of benzene rings is 1. The van der Waals surface area contributed by atoms with E-state index in [0.717, 1.165) is 5.56 Å². The number of hydrogen-bond acceptors (Lipinski definition) is 4. The van der Waals surface area contributed by atoms with Crippen molar-refractivity contribution in [2.45, 2.75) is 46.0 Å². The Morgan fingerprint density at radius 1 is 0.952 bits per heavy atom. The number of hydrogen-bond donors (Lipinski definition) is 0. The van der Waals surface area contributed by atoms with Gasteiger partial charge in [-0.25, -0.2) is 0 Å². The molecule has 0 amide bonds. The third-order valence-corrected chi connectivity index (χ3v) is 3.22. The molecule has 0 aliphatic heterocycles. The third-order valence-electron chi connectivity index (χ3n) is 3.22. The van der Waals surface area contributed by atoms with E-state index in [9.17, 15) is 19.8 Å². The first-order valence-electron chi connectivity index (χ1n) is 6.09. The summed E-state index contributed by atoms with van der Waals surface area (Å²) in [5, 5.41) is 22.0. The van der Waals surface area contributed by atoms with Crippen LogP contribution in [0.3, 0.4) is 0 Å². The van der Waals surface area contributed by atoms with Crippen LogP contribution in [-0.4, -0.2) is 11.9 Å². The van der Waals surface area contributed by atoms with Crippen LogP contribution in [0.1, 0.15) is 48.9 Å². The van der Waals surface area contributed by atoms with Crippen molar-refractivity contribution in [1.82, 2.24) is 0 Å². The van der Waals surface area contributed by atoms with Crippen LogP contribution in [-0.2, 0) is 15.0 Å². The minimum Gasteiger partial charge on any atom is -0.549 e. The Morgan fingerprint density at radius 2 is 1.29 bits per heavy atom. The molecule has 0 spiro atoms. The fourth-order valence-corrected chi connectivity index (χ4v) is 2.19. The number of carboxylic acids is 2. The quantitative estimate of drug-likeness (QED) is 0.406. The van der Waals surface area contributed by atoms with Crippen LogP contribution in [0.5, 0.6) is 0 Å². The maximum Gasteiger partial charge on any atom is 1.00 e. The van der Waals surface area contributed by atoms with Gasteiger partial charge in [0.1, 0.15) is 0 Å². The molecule has 0 unspecified atom stereocenters. The van der Waals surface area contributed by atoms with Crippen molar-refractivity contribution in [2.75, 3.05) is 0 Å². The summed E-state index contributed by atoms with van der Waals surface area (Å²) in [4.78, 5) is 22.0. The molecule has 0 saturated carbocycles. The molecule has 0 fully saturated rings. The molecule has 0 aliphatic carbocycles. The fraction of sp³-hybridized carbons (Fsp3) is 0.467. The molecule has 0 radical (unpaired) electrons. The maximum absolute atomic E-state index is 11.0. The SMILES string of the molecule is Cc1cc(C(C)(C)C)cc(C)c1C(C(=O)[O-])C(=O)[O-].[K+].[K+]. The predicted octanol–water partition coefficient (Wildman–Crippen LogP) is -5.81. The molecule has 4 nitrogen and oxygen atoms in total. The molecule has 0 heterocycles. The van der Waals surface area contributed by atoms with Crippen molar-refractivity contribution < 1.29 is 123 Å². The van der Waals surface area contributed by atoms with E-state index >= 15 is 0 Å². The first kappa shape index (κ1) is 24.7. The van der Waals surface area contributed by atoms with Gasteiger partial charge in [0.25, 0.3) is 0 Å². The Labute approximate surface area is 210 Å². The molecule has 0 atom stereocenters. The number of carboxylic acid groups (broad SMARTS) is 2. The molecule has 1 rings (SSSR count). The van der Waals surface area contributed by atoms with Crippen LogP contribution in [0.4, 0.5) is 0 Å². The molecule has 6 heteroatoms. The van der Waals surface area contributed by atoms with Gasteiger partial charge in [0, 0.05) is 0 Å². The second-order valence-electron chi connectivity index (χ2n) is 5.84. The zero-order valence-electron chi connectivity index (χ0n) is 13.9. The van der Waals surface area contributed by atoms with Crippen molar-refractivity contribution in [3.8, 4) is 0 Å². The van der Waals surface area contributed by atoms with Gasteiger partial charge in [-0.3, -0.25) is 0 Å². The summed E-state index contributed by atoms with van der Waals surface area (Å²) in [6.07, 6.45) is 0. The van der Waals surface area contributed by atoms with Crippen molar-refractivity contribution in [1.29, 1.82) is 0 Å². The molecule has 21 heavy (non-hydrogen) atoms. The number of rotatable bonds is 3. The first-order chi connectivity index (χ1) is 8.55. The summed E-state index contributed by atoms with van der Waals surface area (Å²) >= 11 is 0. The van der Waals surface area contributed by atoms with E-state index in [-0.39, 0.29) is 114 Å². The largest absolute Gasteiger partial charge is 1.00 e. The molecule has 1 aromatic carbocycles. The van der Waals surface area contributed by atoms with Crippen molar-refractivity contribution in [2.24, 2.45) is 0 Å². The molecule has 0 bridgehead atoms.